The Morgan fingerprint density at radius 3 is 2.50 bits per heavy atom. The molecule has 0 radical (unpaired) electrons. The molecule has 0 aromatic heterocycles. The van der Waals surface area contributed by atoms with Gasteiger partial charge in [0.1, 0.15) is 0 Å². The predicted molar refractivity (Wildman–Crippen MR) is 78.5 cm³/mol. The van der Waals surface area contributed by atoms with Gasteiger partial charge in [-0.25, -0.2) is 0 Å². The highest BCUT2D eigenvalue weighted by atomic mass is 79.9. The molecular weight excluding hydrogens is 326 g/mol. The van der Waals surface area contributed by atoms with Gasteiger partial charge in [0, 0.05) is 36.3 Å². The molecule has 0 aliphatic carbocycles. The number of rotatable bonds is 3. The van der Waals surface area contributed by atoms with Crippen LogP contribution in [-0.4, -0.2) is 59.5 Å². The van der Waals surface area contributed by atoms with Gasteiger partial charge in [-0.05, 0) is 34.1 Å². The smallest absolute Gasteiger partial charge is 0.317 e. The van der Waals surface area contributed by atoms with Crippen molar-refractivity contribution in [2.24, 2.45) is 0 Å². The summed E-state index contributed by atoms with van der Waals surface area (Å²) >= 11 is 3.35. The summed E-state index contributed by atoms with van der Waals surface area (Å²) in [5.41, 5.74) is 6.79. The summed E-state index contributed by atoms with van der Waals surface area (Å²) in [6, 6.07) is 5.13. The Morgan fingerprint density at radius 2 is 1.90 bits per heavy atom. The second-order valence-corrected chi connectivity index (χ2v) is 5.56. The lowest BCUT2D eigenvalue weighted by Gasteiger charge is -2.34. The van der Waals surface area contributed by atoms with Gasteiger partial charge >= 0.3 is 5.97 Å². The highest BCUT2D eigenvalue weighted by Crippen LogP contribution is 2.21. The van der Waals surface area contributed by atoms with Crippen LogP contribution in [0.4, 0.5) is 5.69 Å². The van der Waals surface area contributed by atoms with Gasteiger partial charge in [-0.2, -0.15) is 0 Å². The number of anilines is 1. The zero-order valence-electron chi connectivity index (χ0n) is 10.9. The van der Waals surface area contributed by atoms with Crippen LogP contribution in [0.2, 0.25) is 0 Å². The molecule has 0 saturated carbocycles. The number of nitrogen functional groups attached to an aromatic ring is 1. The Kier molecular flexibility index (Phi) is 4.61. The molecule has 0 unspecified atom stereocenters. The van der Waals surface area contributed by atoms with Gasteiger partial charge in [-0.3, -0.25) is 14.5 Å². The summed E-state index contributed by atoms with van der Waals surface area (Å²) in [7, 11) is 0. The van der Waals surface area contributed by atoms with E-state index in [1.807, 2.05) is 4.90 Å². The van der Waals surface area contributed by atoms with Gasteiger partial charge in [0.05, 0.1) is 12.1 Å². The van der Waals surface area contributed by atoms with E-state index in [-0.39, 0.29) is 12.5 Å². The van der Waals surface area contributed by atoms with Gasteiger partial charge < -0.3 is 15.7 Å². The molecule has 108 valence electrons. The minimum atomic E-state index is -0.844. The largest absolute Gasteiger partial charge is 0.480 e. The molecule has 1 heterocycles. The van der Waals surface area contributed by atoms with Crippen molar-refractivity contribution in [2.45, 2.75) is 0 Å². The fraction of sp³-hybridized carbons (Fsp3) is 0.385. The maximum Gasteiger partial charge on any atom is 0.317 e. The summed E-state index contributed by atoms with van der Waals surface area (Å²) in [5.74, 6) is -0.928. The molecule has 1 saturated heterocycles. The number of benzene rings is 1. The molecule has 0 bridgehead atoms. The van der Waals surface area contributed by atoms with Crippen LogP contribution in [0.3, 0.4) is 0 Å². The number of carbonyl (C=O) groups is 2. The molecule has 1 aliphatic heterocycles. The summed E-state index contributed by atoms with van der Waals surface area (Å²) in [5, 5.41) is 8.74. The first-order chi connectivity index (χ1) is 9.47. The lowest BCUT2D eigenvalue weighted by molar-refractivity contribution is -0.138. The van der Waals surface area contributed by atoms with Gasteiger partial charge in [0.15, 0.2) is 0 Å². The summed E-state index contributed by atoms with van der Waals surface area (Å²) in [6.07, 6.45) is 0. The predicted octanol–water partition coefficient (Wildman–Crippen LogP) is 0.874. The molecule has 3 N–H and O–H groups in total. The molecule has 1 aliphatic rings. The summed E-state index contributed by atoms with van der Waals surface area (Å²) < 4.78 is 0.713. The molecular formula is C13H16BrN3O3. The van der Waals surface area contributed by atoms with Gasteiger partial charge in [0.25, 0.3) is 5.91 Å². The highest BCUT2D eigenvalue weighted by Gasteiger charge is 2.24. The van der Waals surface area contributed by atoms with E-state index in [1.165, 1.54) is 0 Å². The van der Waals surface area contributed by atoms with Crippen molar-refractivity contribution in [3.63, 3.8) is 0 Å². The molecule has 1 amide bonds. The molecule has 1 fully saturated rings. The Morgan fingerprint density at radius 1 is 1.25 bits per heavy atom. The number of nitrogens with zero attached hydrogens (tertiary/aromatic N) is 2. The minimum Gasteiger partial charge on any atom is -0.480 e. The molecule has 7 heteroatoms. The van der Waals surface area contributed by atoms with Crippen LogP contribution in [-0.2, 0) is 4.79 Å². The first-order valence-corrected chi connectivity index (χ1v) is 7.05. The Balaban J connectivity index is 2.01. The van der Waals surface area contributed by atoms with E-state index >= 15 is 0 Å². The lowest BCUT2D eigenvalue weighted by Crippen LogP contribution is -2.49. The molecule has 1 aromatic rings. The summed E-state index contributed by atoms with van der Waals surface area (Å²) in [6.45, 7) is 2.20. The number of nitrogens with two attached hydrogens (primary N) is 1. The number of carboxylic acid groups (broad SMARTS) is 1. The molecule has 20 heavy (non-hydrogen) atoms. The fourth-order valence-corrected chi connectivity index (χ4v) is 2.59. The SMILES string of the molecule is Nc1ccc(Br)c(C(=O)N2CCN(CC(=O)O)CC2)c1. The Hall–Kier alpha value is -1.60. The number of carboxylic acids is 1. The number of amides is 1. The van der Waals surface area contributed by atoms with Crippen molar-refractivity contribution in [3.05, 3.63) is 28.2 Å². The van der Waals surface area contributed by atoms with Crippen LogP contribution in [0.15, 0.2) is 22.7 Å². The normalized spacial score (nSPS) is 16.1. The number of hydrogen-bond acceptors (Lipinski definition) is 4. The van der Waals surface area contributed by atoms with E-state index in [1.54, 1.807) is 23.1 Å². The average Bonchev–Trinajstić information content (AvgIpc) is 2.41. The van der Waals surface area contributed by atoms with Crippen LogP contribution in [0.25, 0.3) is 0 Å². The van der Waals surface area contributed by atoms with Crippen LogP contribution in [0, 0.1) is 0 Å². The van der Waals surface area contributed by atoms with E-state index in [4.69, 9.17) is 10.8 Å². The van der Waals surface area contributed by atoms with E-state index in [9.17, 15) is 9.59 Å². The second-order valence-electron chi connectivity index (χ2n) is 4.70. The van der Waals surface area contributed by atoms with Crippen LogP contribution in [0.1, 0.15) is 10.4 Å². The monoisotopic (exact) mass is 341 g/mol. The first-order valence-electron chi connectivity index (χ1n) is 6.26. The lowest BCUT2D eigenvalue weighted by atomic mass is 10.1. The van der Waals surface area contributed by atoms with Gasteiger partial charge in [-0.15, -0.1) is 0 Å². The van der Waals surface area contributed by atoms with Crippen LogP contribution >= 0.6 is 15.9 Å². The molecule has 0 spiro atoms. The zero-order valence-corrected chi connectivity index (χ0v) is 12.5. The number of piperazine rings is 1. The number of halogens is 1. The topological polar surface area (TPSA) is 86.9 Å². The Bertz CT molecular complexity index is 528. The number of hydrogen-bond donors (Lipinski definition) is 2. The molecule has 2 rings (SSSR count). The van der Waals surface area contributed by atoms with E-state index in [0.717, 1.165) is 0 Å². The maximum absolute atomic E-state index is 12.4. The third kappa shape index (κ3) is 3.49. The van der Waals surface area contributed by atoms with Crippen molar-refractivity contribution in [3.8, 4) is 0 Å². The highest BCUT2D eigenvalue weighted by molar-refractivity contribution is 9.10. The molecule has 0 atom stereocenters. The third-order valence-electron chi connectivity index (χ3n) is 3.24. The quantitative estimate of drug-likeness (QED) is 0.796. The van der Waals surface area contributed by atoms with Crippen molar-refractivity contribution in [1.29, 1.82) is 0 Å². The third-order valence-corrected chi connectivity index (χ3v) is 3.93. The second kappa shape index (κ2) is 6.23. The summed E-state index contributed by atoms with van der Waals surface area (Å²) in [4.78, 5) is 26.6. The van der Waals surface area contributed by atoms with E-state index in [0.29, 0.717) is 41.9 Å². The maximum atomic E-state index is 12.4. The minimum absolute atomic E-state index is 0.0179. The van der Waals surface area contributed by atoms with E-state index < -0.39 is 5.97 Å². The first kappa shape index (κ1) is 14.8. The molecule has 1 aromatic carbocycles. The van der Waals surface area contributed by atoms with Crippen molar-refractivity contribution in [1.82, 2.24) is 9.80 Å². The zero-order chi connectivity index (χ0) is 14.7. The van der Waals surface area contributed by atoms with Gasteiger partial charge in [0.2, 0.25) is 0 Å². The molecule has 6 nitrogen and oxygen atoms in total. The fourth-order valence-electron chi connectivity index (χ4n) is 2.18. The van der Waals surface area contributed by atoms with E-state index in [2.05, 4.69) is 15.9 Å². The Labute approximate surface area is 125 Å². The van der Waals surface area contributed by atoms with Crippen LogP contribution in [0.5, 0.6) is 0 Å². The number of carbonyl (C=O) groups excluding carboxylic acids is 1. The van der Waals surface area contributed by atoms with Crippen LogP contribution < -0.4 is 5.73 Å². The van der Waals surface area contributed by atoms with Crippen molar-refractivity contribution in [2.75, 3.05) is 38.5 Å². The van der Waals surface area contributed by atoms with Crippen molar-refractivity contribution >= 4 is 33.5 Å². The number of aliphatic carboxylic acids is 1. The standard InChI is InChI=1S/C13H16BrN3O3/c14-11-2-1-9(15)7-10(11)13(20)17-5-3-16(4-6-17)8-12(18)19/h1-2,7H,3-6,8,15H2,(H,18,19). The van der Waals surface area contributed by atoms with Gasteiger partial charge in [-0.1, -0.05) is 0 Å². The average molecular weight is 342 g/mol. The van der Waals surface area contributed by atoms with Crippen molar-refractivity contribution < 1.29 is 14.7 Å².